The van der Waals surface area contributed by atoms with E-state index in [9.17, 15) is 37.5 Å². The van der Waals surface area contributed by atoms with E-state index in [0.717, 1.165) is 23.8 Å². The maximum atomic E-state index is 13.6. The van der Waals surface area contributed by atoms with Crippen molar-refractivity contribution >= 4 is 23.7 Å². The average Bonchev–Trinajstić information content (AvgIpc) is 3.37. The summed E-state index contributed by atoms with van der Waals surface area (Å²) in [6.07, 6.45) is -2.90. The van der Waals surface area contributed by atoms with Gasteiger partial charge in [0.05, 0.1) is 12.0 Å². The first-order valence-corrected chi connectivity index (χ1v) is 11.6. The largest absolute Gasteiger partial charge is 0.434 e. The average molecular weight is 509 g/mol. The Morgan fingerprint density at radius 1 is 1.14 bits per heavy atom. The summed E-state index contributed by atoms with van der Waals surface area (Å²) in [7, 11) is 0. The summed E-state index contributed by atoms with van der Waals surface area (Å²) in [4.78, 5) is 52.2. The summed E-state index contributed by atoms with van der Waals surface area (Å²) in [6, 6.07) is 0.665. The van der Waals surface area contributed by atoms with Gasteiger partial charge in [0.1, 0.15) is 18.1 Å². The number of cyclic esters (lactones) is 1. The third kappa shape index (κ3) is 5.38. The number of hydrogen-bond acceptors (Lipinski definition) is 6. The number of fused-ring (bicyclic) bond motifs is 1. The van der Waals surface area contributed by atoms with Gasteiger partial charge in [0.25, 0.3) is 5.91 Å². The maximum absolute atomic E-state index is 13.6. The number of aliphatic hydroxyl groups is 1. The first-order chi connectivity index (χ1) is 16.9. The van der Waals surface area contributed by atoms with E-state index in [0.29, 0.717) is 19.3 Å². The zero-order valence-corrected chi connectivity index (χ0v) is 19.4. The van der Waals surface area contributed by atoms with Crippen molar-refractivity contribution < 1.29 is 42.2 Å². The molecule has 3 heterocycles. The van der Waals surface area contributed by atoms with Gasteiger partial charge in [-0.15, -0.1) is 0 Å². The monoisotopic (exact) mass is 509 g/mol. The molecule has 12 heteroatoms. The van der Waals surface area contributed by atoms with Gasteiger partial charge in [-0.1, -0.05) is 17.7 Å². The molecule has 36 heavy (non-hydrogen) atoms. The molecule has 0 aromatic heterocycles. The second kappa shape index (κ2) is 9.92. The Balaban J connectivity index is 1.53. The zero-order valence-electron chi connectivity index (χ0n) is 19.4. The second-order valence-corrected chi connectivity index (χ2v) is 9.29. The van der Waals surface area contributed by atoms with Crippen LogP contribution >= 0.6 is 0 Å². The van der Waals surface area contributed by atoms with Gasteiger partial charge in [0.15, 0.2) is 0 Å². The molecule has 1 aromatic carbocycles. The van der Waals surface area contributed by atoms with Crippen LogP contribution in [-0.2, 0) is 25.3 Å². The molecule has 0 aliphatic carbocycles. The molecule has 4 rings (SSSR count). The number of nitrogens with one attached hydrogen (secondary N) is 2. The van der Waals surface area contributed by atoms with Crippen LogP contribution in [0.5, 0.6) is 0 Å². The minimum Gasteiger partial charge on any atom is -0.434 e. The highest BCUT2D eigenvalue weighted by Crippen LogP contribution is 2.32. The third-order valence-electron chi connectivity index (χ3n) is 6.69. The van der Waals surface area contributed by atoms with Crippen molar-refractivity contribution in [1.82, 2.24) is 15.5 Å². The number of esters is 1. The second-order valence-electron chi connectivity index (χ2n) is 9.29. The Morgan fingerprint density at radius 3 is 2.56 bits per heavy atom. The van der Waals surface area contributed by atoms with Gasteiger partial charge >= 0.3 is 12.1 Å². The smallest absolute Gasteiger partial charge is 0.416 e. The molecule has 0 bridgehead atoms. The Morgan fingerprint density at radius 2 is 1.89 bits per heavy atom. The fraction of sp³-hybridized carbons (Fsp3) is 0.500. The highest BCUT2D eigenvalue weighted by Gasteiger charge is 2.45. The topological polar surface area (TPSA) is 125 Å². The van der Waals surface area contributed by atoms with Crippen LogP contribution in [-0.4, -0.2) is 64.2 Å². The van der Waals surface area contributed by atoms with Gasteiger partial charge in [-0.05, 0) is 50.8 Å². The normalized spacial score (nSPS) is 30.0. The molecular weight excluding hydrogens is 483 g/mol. The van der Waals surface area contributed by atoms with Gasteiger partial charge in [-0.25, -0.2) is 0 Å². The lowest BCUT2D eigenvalue weighted by Crippen LogP contribution is -2.57. The summed E-state index contributed by atoms with van der Waals surface area (Å²) >= 11 is 0. The molecule has 9 nitrogen and oxygen atoms in total. The summed E-state index contributed by atoms with van der Waals surface area (Å²) in [5.74, 6) is -2.58. The summed E-state index contributed by atoms with van der Waals surface area (Å²) in [6.45, 7) is 1.80. The number of alkyl halides is 3. The molecule has 0 spiro atoms. The van der Waals surface area contributed by atoms with Crippen LogP contribution in [0.4, 0.5) is 13.2 Å². The van der Waals surface area contributed by atoms with Crippen molar-refractivity contribution in [2.24, 2.45) is 0 Å². The number of rotatable bonds is 4. The van der Waals surface area contributed by atoms with Crippen LogP contribution < -0.4 is 10.6 Å². The lowest BCUT2D eigenvalue weighted by atomic mass is 9.98. The number of nitrogens with zero attached hydrogens (tertiary/aromatic N) is 1. The predicted molar refractivity (Wildman–Crippen MR) is 118 cm³/mol. The zero-order chi connectivity index (χ0) is 26.2. The number of benzene rings is 1. The van der Waals surface area contributed by atoms with Crippen LogP contribution in [0, 0.1) is 0 Å². The molecule has 2 saturated heterocycles. The van der Waals surface area contributed by atoms with Crippen molar-refractivity contribution in [3.05, 3.63) is 47.0 Å². The van der Waals surface area contributed by atoms with Gasteiger partial charge < -0.3 is 25.4 Å². The van der Waals surface area contributed by atoms with Crippen molar-refractivity contribution in [2.75, 3.05) is 0 Å². The molecular formula is C24H26F3N3O6. The van der Waals surface area contributed by atoms with E-state index in [1.165, 1.54) is 11.0 Å². The fourth-order valence-electron chi connectivity index (χ4n) is 4.85. The fourth-order valence-corrected chi connectivity index (χ4v) is 4.85. The van der Waals surface area contributed by atoms with Crippen molar-refractivity contribution in [3.8, 4) is 0 Å². The predicted octanol–water partition coefficient (Wildman–Crippen LogP) is 1.65. The highest BCUT2D eigenvalue weighted by atomic mass is 19.4. The van der Waals surface area contributed by atoms with Crippen molar-refractivity contribution in [3.63, 3.8) is 0 Å². The Labute approximate surface area is 204 Å². The van der Waals surface area contributed by atoms with E-state index in [-0.39, 0.29) is 24.4 Å². The molecule has 5 atom stereocenters. The quantitative estimate of drug-likeness (QED) is 0.419. The lowest BCUT2D eigenvalue weighted by molar-refractivity contribution is -0.155. The molecule has 194 valence electrons. The molecule has 3 N–H and O–H groups in total. The van der Waals surface area contributed by atoms with Gasteiger partial charge in [0.2, 0.25) is 18.1 Å². The minimum atomic E-state index is -4.63. The summed E-state index contributed by atoms with van der Waals surface area (Å²) in [5, 5.41) is 14.9. The highest BCUT2D eigenvalue weighted by molar-refractivity contribution is 5.99. The molecule has 0 radical (unpaired) electrons. The summed E-state index contributed by atoms with van der Waals surface area (Å²) in [5.41, 5.74) is -0.397. The Kier molecular flexibility index (Phi) is 7.07. The van der Waals surface area contributed by atoms with Gasteiger partial charge in [0, 0.05) is 11.6 Å². The number of halogens is 3. The Hall–Kier alpha value is -3.41. The molecule has 2 fully saturated rings. The van der Waals surface area contributed by atoms with E-state index in [4.69, 9.17) is 0 Å². The number of amides is 3. The number of carbonyl (C=O) groups excluding carboxylic acids is 4. The van der Waals surface area contributed by atoms with Crippen molar-refractivity contribution in [1.29, 1.82) is 0 Å². The van der Waals surface area contributed by atoms with E-state index in [1.807, 2.05) is 6.08 Å². The molecule has 3 amide bonds. The first-order valence-electron chi connectivity index (χ1n) is 11.6. The van der Waals surface area contributed by atoms with Gasteiger partial charge in [-0.3, -0.25) is 19.2 Å². The number of carbonyl (C=O) groups is 4. The van der Waals surface area contributed by atoms with E-state index in [1.54, 1.807) is 6.92 Å². The third-order valence-corrected chi connectivity index (χ3v) is 6.69. The SMILES string of the molecule is C/C1=C/CC2CCC(C(=O)NC3CC(=O)OC3O)N2C(=O)C(NC(=O)c2cccc(C(F)(F)F)c2)C1. The van der Waals surface area contributed by atoms with Gasteiger partial charge in [-0.2, -0.15) is 13.2 Å². The van der Waals surface area contributed by atoms with Crippen LogP contribution in [0.25, 0.3) is 0 Å². The van der Waals surface area contributed by atoms with Crippen LogP contribution in [0.2, 0.25) is 0 Å². The number of aliphatic hydroxyl groups excluding tert-OH is 1. The van der Waals surface area contributed by atoms with Crippen LogP contribution in [0.3, 0.4) is 0 Å². The standard InChI is InChI=1S/C24H26F3N3O6/c1-12-5-6-15-7-8-18(21(33)29-17-11-19(31)36-23(17)35)30(15)22(34)16(9-12)28-20(32)13-3-2-4-14(10-13)24(25,26)27/h2-5,10,15-18,23,35H,6-9,11H2,1H3,(H,28,32)(H,29,33)/b12-5-. The number of ether oxygens (including phenoxy) is 1. The van der Waals surface area contributed by atoms with E-state index < -0.39 is 59.8 Å². The molecule has 5 unspecified atom stereocenters. The summed E-state index contributed by atoms with van der Waals surface area (Å²) < 4.78 is 43.9. The minimum absolute atomic E-state index is 0.130. The lowest BCUT2D eigenvalue weighted by Gasteiger charge is -2.35. The number of hydrogen-bond donors (Lipinski definition) is 3. The maximum Gasteiger partial charge on any atom is 0.416 e. The Bertz CT molecular complexity index is 1100. The van der Waals surface area contributed by atoms with E-state index >= 15 is 0 Å². The molecule has 3 aliphatic heterocycles. The van der Waals surface area contributed by atoms with Crippen molar-refractivity contribution in [2.45, 2.75) is 75.7 Å². The molecule has 3 aliphatic rings. The molecule has 0 saturated carbocycles. The van der Waals surface area contributed by atoms with E-state index in [2.05, 4.69) is 15.4 Å². The first kappa shape index (κ1) is 25.7. The molecule has 1 aromatic rings. The van der Waals surface area contributed by atoms with Crippen LogP contribution in [0.1, 0.15) is 54.9 Å². The van der Waals surface area contributed by atoms with Crippen LogP contribution in [0.15, 0.2) is 35.9 Å².